The van der Waals surface area contributed by atoms with Crippen molar-refractivity contribution >= 4 is 21.2 Å². The average molecular weight is 284 g/mol. The number of hydrogen-bond acceptors (Lipinski definition) is 5. The minimum absolute atomic E-state index is 0.0384. The van der Waals surface area contributed by atoms with Crippen LogP contribution in [-0.2, 0) is 9.84 Å². The first-order chi connectivity index (χ1) is 8.71. The largest absolute Gasteiger partial charge is 0.374 e. The highest BCUT2D eigenvalue weighted by Crippen LogP contribution is 2.38. The lowest BCUT2D eigenvalue weighted by Crippen LogP contribution is -2.41. The van der Waals surface area contributed by atoms with Gasteiger partial charge in [0.1, 0.15) is 5.69 Å². The van der Waals surface area contributed by atoms with Crippen molar-refractivity contribution in [3.05, 3.63) is 28.3 Å². The van der Waals surface area contributed by atoms with Gasteiger partial charge in [-0.3, -0.25) is 10.1 Å². The van der Waals surface area contributed by atoms with Crippen LogP contribution in [-0.4, -0.2) is 25.1 Å². The van der Waals surface area contributed by atoms with E-state index in [4.69, 9.17) is 0 Å². The average Bonchev–Trinajstić information content (AvgIpc) is 2.25. The van der Waals surface area contributed by atoms with E-state index in [0.29, 0.717) is 5.69 Å². The Hall–Kier alpha value is -1.63. The van der Waals surface area contributed by atoms with E-state index in [1.165, 1.54) is 12.1 Å². The Morgan fingerprint density at radius 2 is 2.00 bits per heavy atom. The fraction of sp³-hybridized carbons (Fsp3) is 0.500. The van der Waals surface area contributed by atoms with Crippen molar-refractivity contribution in [2.45, 2.75) is 36.6 Å². The summed E-state index contributed by atoms with van der Waals surface area (Å²) in [5.74, 6) is 0. The molecule has 1 N–H and O–H groups in total. The molecule has 7 heteroatoms. The molecule has 1 saturated carbocycles. The Morgan fingerprint density at radius 1 is 1.37 bits per heavy atom. The van der Waals surface area contributed by atoms with E-state index in [0.717, 1.165) is 31.6 Å². The number of nitro groups is 1. The van der Waals surface area contributed by atoms with Crippen molar-refractivity contribution in [2.24, 2.45) is 0 Å². The number of sulfone groups is 1. The summed E-state index contributed by atoms with van der Waals surface area (Å²) >= 11 is 0. The zero-order valence-corrected chi connectivity index (χ0v) is 11.7. The van der Waals surface area contributed by atoms with E-state index in [-0.39, 0.29) is 16.1 Å². The molecule has 0 radical (unpaired) electrons. The molecule has 0 saturated heterocycles. The van der Waals surface area contributed by atoms with E-state index in [1.807, 2.05) is 6.92 Å². The molecule has 0 aromatic heterocycles. The third kappa shape index (κ3) is 2.86. The molecular formula is C12H16N2O4S. The molecule has 19 heavy (non-hydrogen) atoms. The fourth-order valence-electron chi connectivity index (χ4n) is 2.16. The van der Waals surface area contributed by atoms with Gasteiger partial charge in [-0.2, -0.15) is 0 Å². The number of nitrogens with one attached hydrogen (secondary N) is 1. The van der Waals surface area contributed by atoms with Gasteiger partial charge >= 0.3 is 0 Å². The summed E-state index contributed by atoms with van der Waals surface area (Å²) in [5, 5.41) is 14.2. The molecule has 1 aliphatic carbocycles. The molecule has 0 unspecified atom stereocenters. The van der Waals surface area contributed by atoms with Gasteiger partial charge in [-0.15, -0.1) is 0 Å². The Morgan fingerprint density at radius 3 is 2.42 bits per heavy atom. The lowest BCUT2D eigenvalue weighted by atomic mass is 9.78. The van der Waals surface area contributed by atoms with Crippen LogP contribution in [0.15, 0.2) is 23.1 Å². The minimum Gasteiger partial charge on any atom is -0.374 e. The highest BCUT2D eigenvalue weighted by atomic mass is 32.2. The maximum Gasteiger partial charge on any atom is 0.293 e. The summed E-state index contributed by atoms with van der Waals surface area (Å²) in [6.07, 6.45) is 4.04. The smallest absolute Gasteiger partial charge is 0.293 e. The highest BCUT2D eigenvalue weighted by molar-refractivity contribution is 7.90. The zero-order chi connectivity index (χ0) is 14.3. The van der Waals surface area contributed by atoms with E-state index in [2.05, 4.69) is 5.32 Å². The van der Waals surface area contributed by atoms with Crippen LogP contribution in [0, 0.1) is 10.1 Å². The summed E-state index contributed by atoms with van der Waals surface area (Å²) in [7, 11) is -3.44. The summed E-state index contributed by atoms with van der Waals surface area (Å²) < 4.78 is 22.9. The number of anilines is 1. The van der Waals surface area contributed by atoms with Gasteiger partial charge in [0, 0.05) is 17.9 Å². The van der Waals surface area contributed by atoms with Crippen LogP contribution in [0.25, 0.3) is 0 Å². The highest BCUT2D eigenvalue weighted by Gasteiger charge is 2.33. The predicted molar refractivity (Wildman–Crippen MR) is 72.1 cm³/mol. The summed E-state index contributed by atoms with van der Waals surface area (Å²) in [6.45, 7) is 2.00. The van der Waals surface area contributed by atoms with Gasteiger partial charge in [-0.05, 0) is 38.3 Å². The molecule has 0 heterocycles. The van der Waals surface area contributed by atoms with Gasteiger partial charge in [0.25, 0.3) is 5.69 Å². The molecule has 104 valence electrons. The van der Waals surface area contributed by atoms with Crippen LogP contribution in [0.4, 0.5) is 11.4 Å². The van der Waals surface area contributed by atoms with Crippen molar-refractivity contribution < 1.29 is 13.3 Å². The standard InChI is InChI=1S/C12H16N2O4S/c1-12(6-3-7-12)13-10-5-4-9(19(2,17)18)8-11(10)14(15)16/h4-5,8,13H,3,6-7H2,1-2H3. The lowest BCUT2D eigenvalue weighted by Gasteiger charge is -2.39. The molecule has 0 bridgehead atoms. The van der Waals surface area contributed by atoms with Crippen molar-refractivity contribution in [1.82, 2.24) is 0 Å². The Kier molecular flexibility index (Phi) is 3.25. The first-order valence-corrected chi connectivity index (χ1v) is 7.87. The molecule has 0 amide bonds. The second-order valence-electron chi connectivity index (χ2n) is 5.25. The molecule has 0 atom stereocenters. The van der Waals surface area contributed by atoms with Crippen molar-refractivity contribution in [2.75, 3.05) is 11.6 Å². The molecule has 6 nitrogen and oxygen atoms in total. The van der Waals surface area contributed by atoms with Crippen LogP contribution in [0.2, 0.25) is 0 Å². The second kappa shape index (κ2) is 4.48. The first kappa shape index (κ1) is 13.8. The monoisotopic (exact) mass is 284 g/mol. The van der Waals surface area contributed by atoms with Gasteiger partial charge < -0.3 is 5.32 Å². The van der Waals surface area contributed by atoms with Crippen LogP contribution in [0.5, 0.6) is 0 Å². The molecule has 2 rings (SSSR count). The zero-order valence-electron chi connectivity index (χ0n) is 10.8. The Balaban J connectivity index is 2.41. The number of benzene rings is 1. The van der Waals surface area contributed by atoms with E-state index in [9.17, 15) is 18.5 Å². The molecule has 1 aromatic rings. The van der Waals surface area contributed by atoms with Crippen molar-refractivity contribution in [1.29, 1.82) is 0 Å². The molecule has 1 aliphatic rings. The number of nitrogens with zero attached hydrogens (tertiary/aromatic N) is 1. The van der Waals surface area contributed by atoms with Crippen LogP contribution in [0.1, 0.15) is 26.2 Å². The Labute approximate surface area is 111 Å². The van der Waals surface area contributed by atoms with E-state index in [1.54, 1.807) is 0 Å². The SMILES string of the molecule is CC1(Nc2ccc(S(C)(=O)=O)cc2[N+](=O)[O-])CCC1. The first-order valence-electron chi connectivity index (χ1n) is 5.98. The summed E-state index contributed by atoms with van der Waals surface area (Å²) in [5.41, 5.74) is 0.0489. The van der Waals surface area contributed by atoms with Gasteiger partial charge in [0.05, 0.1) is 9.82 Å². The maximum atomic E-state index is 11.4. The molecule has 1 fully saturated rings. The van der Waals surface area contributed by atoms with Crippen molar-refractivity contribution in [3.8, 4) is 0 Å². The third-order valence-electron chi connectivity index (χ3n) is 3.49. The normalized spacial score (nSPS) is 17.6. The summed E-state index contributed by atoms with van der Waals surface area (Å²) in [6, 6.07) is 3.98. The molecule has 1 aromatic carbocycles. The fourth-order valence-corrected chi connectivity index (χ4v) is 2.80. The van der Waals surface area contributed by atoms with Crippen LogP contribution < -0.4 is 5.32 Å². The van der Waals surface area contributed by atoms with Gasteiger partial charge in [0.2, 0.25) is 0 Å². The van der Waals surface area contributed by atoms with Gasteiger partial charge in [0.15, 0.2) is 9.84 Å². The predicted octanol–water partition coefficient (Wildman–Crippen LogP) is 2.35. The quantitative estimate of drug-likeness (QED) is 0.677. The number of rotatable bonds is 4. The van der Waals surface area contributed by atoms with Gasteiger partial charge in [-0.25, -0.2) is 8.42 Å². The van der Waals surface area contributed by atoms with Crippen LogP contribution >= 0.6 is 0 Å². The van der Waals surface area contributed by atoms with E-state index >= 15 is 0 Å². The third-order valence-corrected chi connectivity index (χ3v) is 4.60. The lowest BCUT2D eigenvalue weighted by molar-refractivity contribution is -0.384. The van der Waals surface area contributed by atoms with Gasteiger partial charge in [-0.1, -0.05) is 0 Å². The number of nitro benzene ring substituents is 1. The molecular weight excluding hydrogens is 268 g/mol. The maximum absolute atomic E-state index is 11.4. The minimum atomic E-state index is -3.44. The number of hydrogen-bond donors (Lipinski definition) is 1. The van der Waals surface area contributed by atoms with E-state index < -0.39 is 14.8 Å². The molecule has 0 aliphatic heterocycles. The second-order valence-corrected chi connectivity index (χ2v) is 7.26. The van der Waals surface area contributed by atoms with Crippen molar-refractivity contribution in [3.63, 3.8) is 0 Å². The van der Waals surface area contributed by atoms with Crippen LogP contribution in [0.3, 0.4) is 0 Å². The Bertz CT molecular complexity index is 621. The molecule has 0 spiro atoms. The topological polar surface area (TPSA) is 89.3 Å². The summed E-state index contributed by atoms with van der Waals surface area (Å²) in [4.78, 5) is 10.5.